The van der Waals surface area contributed by atoms with Gasteiger partial charge < -0.3 is 10.6 Å². The van der Waals surface area contributed by atoms with Crippen molar-refractivity contribution in [3.8, 4) is 11.3 Å². The number of amides is 1. The number of rotatable bonds is 6. The Labute approximate surface area is 196 Å². The van der Waals surface area contributed by atoms with E-state index in [-0.39, 0.29) is 11.6 Å². The molecule has 1 amide bonds. The summed E-state index contributed by atoms with van der Waals surface area (Å²) in [5.41, 5.74) is 3.51. The maximum Gasteiger partial charge on any atom is 0.269 e. The molecule has 5 rings (SSSR count). The highest BCUT2D eigenvalue weighted by Crippen LogP contribution is 2.32. The Morgan fingerprint density at radius 1 is 1.00 bits per heavy atom. The van der Waals surface area contributed by atoms with Gasteiger partial charge in [-0.15, -0.1) is 0 Å². The topological polar surface area (TPSA) is 102 Å². The van der Waals surface area contributed by atoms with Crippen LogP contribution in [0.15, 0.2) is 72.9 Å². The first-order valence-electron chi connectivity index (χ1n) is 11.5. The summed E-state index contributed by atoms with van der Waals surface area (Å²) < 4.78 is 2.08. The Kier molecular flexibility index (Phi) is 5.95. The van der Waals surface area contributed by atoms with E-state index < -0.39 is 4.92 Å². The highest BCUT2D eigenvalue weighted by atomic mass is 16.6. The van der Waals surface area contributed by atoms with Crippen LogP contribution in [0.2, 0.25) is 0 Å². The van der Waals surface area contributed by atoms with Crippen LogP contribution in [0.25, 0.3) is 16.9 Å². The van der Waals surface area contributed by atoms with Gasteiger partial charge in [0, 0.05) is 41.2 Å². The van der Waals surface area contributed by atoms with Crippen LogP contribution in [0.4, 0.5) is 17.2 Å². The minimum atomic E-state index is -0.487. The molecule has 172 valence electrons. The average molecular weight is 456 g/mol. The zero-order chi connectivity index (χ0) is 23.5. The van der Waals surface area contributed by atoms with E-state index in [1.807, 2.05) is 48.7 Å². The van der Waals surface area contributed by atoms with Gasteiger partial charge in [0.1, 0.15) is 17.2 Å². The Morgan fingerprint density at radius 3 is 2.56 bits per heavy atom. The molecule has 1 fully saturated rings. The SMILES string of the molecule is O=C(Nc1cccc(-c2nc3ccccn3c2NC2CCCCC2)c1)c1ccc([N+](=O)[O-])cc1. The molecule has 2 N–H and O–H groups in total. The lowest BCUT2D eigenvalue weighted by Gasteiger charge is -2.24. The summed E-state index contributed by atoms with van der Waals surface area (Å²) in [7, 11) is 0. The van der Waals surface area contributed by atoms with Crippen molar-refractivity contribution in [3.63, 3.8) is 0 Å². The van der Waals surface area contributed by atoms with Crippen LogP contribution < -0.4 is 10.6 Å². The number of nitro benzene ring substituents is 1. The predicted molar refractivity (Wildman–Crippen MR) is 132 cm³/mol. The van der Waals surface area contributed by atoms with Gasteiger partial charge in [0.05, 0.1) is 4.92 Å². The number of nitrogens with zero attached hydrogens (tertiary/aromatic N) is 3. The highest BCUT2D eigenvalue weighted by molar-refractivity contribution is 6.04. The van der Waals surface area contributed by atoms with E-state index in [0.29, 0.717) is 17.3 Å². The van der Waals surface area contributed by atoms with E-state index >= 15 is 0 Å². The first kappa shape index (κ1) is 21.6. The summed E-state index contributed by atoms with van der Waals surface area (Å²) in [4.78, 5) is 27.9. The fourth-order valence-electron chi connectivity index (χ4n) is 4.46. The molecular weight excluding hydrogens is 430 g/mol. The smallest absolute Gasteiger partial charge is 0.269 e. The van der Waals surface area contributed by atoms with E-state index in [0.717, 1.165) is 35.6 Å². The predicted octanol–water partition coefficient (Wildman–Crippen LogP) is 5.91. The first-order chi connectivity index (χ1) is 16.6. The Hall–Kier alpha value is -4.20. The second kappa shape index (κ2) is 9.35. The van der Waals surface area contributed by atoms with Gasteiger partial charge in [0.2, 0.25) is 0 Å². The number of hydrogen-bond donors (Lipinski definition) is 2. The van der Waals surface area contributed by atoms with Gasteiger partial charge in [-0.3, -0.25) is 19.3 Å². The van der Waals surface area contributed by atoms with Gasteiger partial charge in [-0.2, -0.15) is 0 Å². The largest absolute Gasteiger partial charge is 0.367 e. The summed E-state index contributed by atoms with van der Waals surface area (Å²) in [6.45, 7) is 0. The van der Waals surface area contributed by atoms with Crippen LogP contribution in [0, 0.1) is 10.1 Å². The second-order valence-corrected chi connectivity index (χ2v) is 8.56. The van der Waals surface area contributed by atoms with Crippen LogP contribution in [0.5, 0.6) is 0 Å². The molecule has 0 saturated heterocycles. The van der Waals surface area contributed by atoms with Crippen LogP contribution in [0.1, 0.15) is 42.5 Å². The normalized spacial score (nSPS) is 14.1. The number of carbonyl (C=O) groups is 1. The molecule has 0 aliphatic heterocycles. The van der Waals surface area contributed by atoms with Crippen LogP contribution in [-0.2, 0) is 0 Å². The maximum atomic E-state index is 12.7. The van der Waals surface area contributed by atoms with E-state index in [2.05, 4.69) is 15.0 Å². The molecule has 34 heavy (non-hydrogen) atoms. The quantitative estimate of drug-likeness (QED) is 0.278. The molecular formula is C26H25N5O3. The van der Waals surface area contributed by atoms with E-state index in [1.54, 1.807) is 0 Å². The number of anilines is 2. The molecule has 0 unspecified atom stereocenters. The lowest BCUT2D eigenvalue weighted by Crippen LogP contribution is -2.23. The average Bonchev–Trinajstić information content (AvgIpc) is 3.23. The number of nitrogens with one attached hydrogen (secondary N) is 2. The molecule has 8 heteroatoms. The summed E-state index contributed by atoms with van der Waals surface area (Å²) in [6.07, 6.45) is 8.05. The summed E-state index contributed by atoms with van der Waals surface area (Å²) >= 11 is 0. The lowest BCUT2D eigenvalue weighted by atomic mass is 9.95. The molecule has 0 bridgehead atoms. The summed E-state index contributed by atoms with van der Waals surface area (Å²) in [5.74, 6) is 0.629. The summed E-state index contributed by atoms with van der Waals surface area (Å²) in [6, 6.07) is 19.5. The molecule has 0 radical (unpaired) electrons. The number of benzene rings is 2. The van der Waals surface area contributed by atoms with Gasteiger partial charge in [-0.05, 0) is 49.2 Å². The van der Waals surface area contributed by atoms with Crippen LogP contribution in [0.3, 0.4) is 0 Å². The number of imidazole rings is 1. The van der Waals surface area contributed by atoms with Crippen molar-refractivity contribution in [1.29, 1.82) is 0 Å². The van der Waals surface area contributed by atoms with Crippen molar-refractivity contribution in [1.82, 2.24) is 9.38 Å². The number of carbonyl (C=O) groups excluding carboxylic acids is 1. The molecule has 2 aromatic carbocycles. The zero-order valence-electron chi connectivity index (χ0n) is 18.6. The number of fused-ring (bicyclic) bond motifs is 1. The third-order valence-electron chi connectivity index (χ3n) is 6.21. The second-order valence-electron chi connectivity index (χ2n) is 8.56. The number of pyridine rings is 1. The number of nitro groups is 1. The van der Waals surface area contributed by atoms with Gasteiger partial charge in [-0.1, -0.05) is 37.5 Å². The molecule has 1 saturated carbocycles. The maximum absolute atomic E-state index is 12.7. The van der Waals surface area contributed by atoms with Crippen molar-refractivity contribution in [2.75, 3.05) is 10.6 Å². The van der Waals surface area contributed by atoms with Gasteiger partial charge in [0.15, 0.2) is 0 Å². The van der Waals surface area contributed by atoms with E-state index in [1.165, 1.54) is 43.5 Å². The number of aromatic nitrogens is 2. The number of hydrogen-bond acceptors (Lipinski definition) is 5. The minimum absolute atomic E-state index is 0.0524. The highest BCUT2D eigenvalue weighted by Gasteiger charge is 2.20. The minimum Gasteiger partial charge on any atom is -0.367 e. The summed E-state index contributed by atoms with van der Waals surface area (Å²) in [5, 5.41) is 17.5. The Bertz CT molecular complexity index is 1340. The molecule has 8 nitrogen and oxygen atoms in total. The van der Waals surface area contributed by atoms with Crippen molar-refractivity contribution in [2.45, 2.75) is 38.1 Å². The van der Waals surface area contributed by atoms with Crippen LogP contribution in [-0.4, -0.2) is 26.3 Å². The van der Waals surface area contributed by atoms with Gasteiger partial charge >= 0.3 is 0 Å². The molecule has 1 aliphatic carbocycles. The van der Waals surface area contributed by atoms with Crippen molar-refractivity contribution in [3.05, 3.63) is 88.6 Å². The molecule has 1 aliphatic rings. The number of non-ortho nitro benzene ring substituents is 1. The fourth-order valence-corrected chi connectivity index (χ4v) is 4.46. The molecule has 0 spiro atoms. The fraction of sp³-hybridized carbons (Fsp3) is 0.231. The first-order valence-corrected chi connectivity index (χ1v) is 11.5. The van der Waals surface area contributed by atoms with E-state index in [9.17, 15) is 14.9 Å². The third kappa shape index (κ3) is 4.47. The monoisotopic (exact) mass is 455 g/mol. The van der Waals surface area contributed by atoms with E-state index in [4.69, 9.17) is 4.98 Å². The van der Waals surface area contributed by atoms with Gasteiger partial charge in [0.25, 0.3) is 11.6 Å². The Balaban J connectivity index is 1.43. The molecule has 2 aromatic heterocycles. The van der Waals surface area contributed by atoms with Gasteiger partial charge in [-0.25, -0.2) is 4.98 Å². The molecule has 4 aromatic rings. The molecule has 0 atom stereocenters. The lowest BCUT2D eigenvalue weighted by molar-refractivity contribution is -0.384. The van der Waals surface area contributed by atoms with Crippen molar-refractivity contribution in [2.24, 2.45) is 0 Å². The third-order valence-corrected chi connectivity index (χ3v) is 6.21. The van der Waals surface area contributed by atoms with Crippen LogP contribution >= 0.6 is 0 Å². The van der Waals surface area contributed by atoms with Crippen molar-refractivity contribution >= 4 is 28.7 Å². The Morgan fingerprint density at radius 2 is 1.79 bits per heavy atom. The van der Waals surface area contributed by atoms with Crippen molar-refractivity contribution < 1.29 is 9.72 Å². The zero-order valence-corrected chi connectivity index (χ0v) is 18.6. The standard InChI is InChI=1S/C26H25N5O3/c32-26(18-12-14-22(15-13-18)31(33)34)28-21-10-6-7-19(17-21)24-25(27-20-8-2-1-3-9-20)30-16-5-4-11-23(30)29-24/h4-7,10-17,20,27H,1-3,8-9H2,(H,28,32). The molecule has 2 heterocycles.